The molecule has 2 aliphatic carbocycles. The van der Waals surface area contributed by atoms with E-state index in [0.717, 1.165) is 29.5 Å². The molecule has 0 fully saturated rings. The average Bonchev–Trinajstić information content (AvgIpc) is 3.16. The van der Waals surface area contributed by atoms with E-state index in [2.05, 4.69) is 18.2 Å². The highest BCUT2D eigenvalue weighted by molar-refractivity contribution is 6.38. The monoisotopic (exact) mass is 456 g/mol. The van der Waals surface area contributed by atoms with Gasteiger partial charge in [-0.15, -0.1) is 0 Å². The van der Waals surface area contributed by atoms with E-state index >= 15 is 0 Å². The van der Waals surface area contributed by atoms with Crippen LogP contribution in [0.3, 0.4) is 0 Å². The summed E-state index contributed by atoms with van der Waals surface area (Å²) in [6.07, 6.45) is 1.67. The largest absolute Gasteiger partial charge is 0.302 e. The van der Waals surface area contributed by atoms with E-state index in [0.29, 0.717) is 17.0 Å². The summed E-state index contributed by atoms with van der Waals surface area (Å²) in [6.45, 7) is 1.84. The van der Waals surface area contributed by atoms with Crippen molar-refractivity contribution in [1.82, 2.24) is 0 Å². The molecule has 1 aliphatic heterocycles. The maximum atomic E-state index is 14.4. The third-order valence-corrected chi connectivity index (χ3v) is 7.81. The Morgan fingerprint density at radius 2 is 1.66 bits per heavy atom. The van der Waals surface area contributed by atoms with Crippen molar-refractivity contribution in [2.24, 2.45) is 16.4 Å². The second-order valence-electron chi connectivity index (χ2n) is 9.41. The highest BCUT2D eigenvalue weighted by atomic mass is 16.2. The molecule has 0 radical (unpaired) electrons. The van der Waals surface area contributed by atoms with Crippen LogP contribution in [0, 0.1) is 28.1 Å². The number of nitriles is 1. The molecular formula is C30H24N4O. The van der Waals surface area contributed by atoms with Gasteiger partial charge in [0.15, 0.2) is 0 Å². The number of hydrogen-bond donors (Lipinski definition) is 1. The lowest BCUT2D eigenvalue weighted by atomic mass is 9.52. The van der Waals surface area contributed by atoms with Crippen LogP contribution in [0.2, 0.25) is 0 Å². The van der Waals surface area contributed by atoms with E-state index in [1.54, 1.807) is 0 Å². The van der Waals surface area contributed by atoms with Crippen LogP contribution < -0.4 is 5.01 Å². The molecule has 1 heterocycles. The van der Waals surface area contributed by atoms with Gasteiger partial charge in [-0.1, -0.05) is 72.8 Å². The molecule has 3 aliphatic rings. The van der Waals surface area contributed by atoms with Gasteiger partial charge in [0.1, 0.15) is 11.5 Å². The number of hydrogen-bond acceptors (Lipinski definition) is 4. The van der Waals surface area contributed by atoms with Gasteiger partial charge in [-0.2, -0.15) is 15.4 Å². The minimum atomic E-state index is -1.33. The minimum absolute atomic E-state index is 0.0569. The molecule has 3 aromatic carbocycles. The quantitative estimate of drug-likeness (QED) is 0.533. The summed E-state index contributed by atoms with van der Waals surface area (Å²) in [7, 11) is 0. The Hall–Kier alpha value is -4.30. The number of carbonyl (C=O) groups is 1. The molecule has 3 atom stereocenters. The van der Waals surface area contributed by atoms with Crippen molar-refractivity contribution in [2.45, 2.75) is 25.7 Å². The minimum Gasteiger partial charge on any atom is -0.302 e. The SMILES string of the molecule is CC1=NN(c2ccccc2)C(=O)[C@]12C(=N)C(C#N)=C1c3ccccc3CC[C@@H]1[C@H]2c1ccccc1. The Morgan fingerprint density at radius 1 is 1.00 bits per heavy atom. The van der Waals surface area contributed by atoms with Crippen molar-refractivity contribution in [3.05, 3.63) is 107 Å². The molecule has 1 spiro atoms. The van der Waals surface area contributed by atoms with Gasteiger partial charge < -0.3 is 5.41 Å². The summed E-state index contributed by atoms with van der Waals surface area (Å²) in [5.41, 5.74) is 4.38. The number of aryl methyl sites for hydroxylation is 1. The Bertz CT molecular complexity index is 1460. The van der Waals surface area contributed by atoms with Gasteiger partial charge >= 0.3 is 0 Å². The highest BCUT2D eigenvalue weighted by Crippen LogP contribution is 2.59. The molecule has 0 saturated carbocycles. The molecule has 1 N–H and O–H groups in total. The third kappa shape index (κ3) is 2.83. The zero-order valence-electron chi connectivity index (χ0n) is 19.4. The van der Waals surface area contributed by atoms with Gasteiger partial charge in [-0.25, -0.2) is 0 Å². The number of benzene rings is 3. The number of nitrogens with one attached hydrogen (secondary N) is 1. The maximum Gasteiger partial charge on any atom is 0.266 e. The number of carbonyl (C=O) groups excluding carboxylic acids is 1. The van der Waals surface area contributed by atoms with Crippen LogP contribution in [-0.2, 0) is 11.2 Å². The zero-order valence-corrected chi connectivity index (χ0v) is 19.4. The topological polar surface area (TPSA) is 80.3 Å². The van der Waals surface area contributed by atoms with E-state index in [9.17, 15) is 15.5 Å². The van der Waals surface area contributed by atoms with Crippen LogP contribution >= 0.6 is 0 Å². The fourth-order valence-corrected chi connectivity index (χ4v) is 6.34. The van der Waals surface area contributed by atoms with Crippen molar-refractivity contribution >= 4 is 28.6 Å². The van der Waals surface area contributed by atoms with Gasteiger partial charge in [0.2, 0.25) is 0 Å². The predicted molar refractivity (Wildman–Crippen MR) is 137 cm³/mol. The van der Waals surface area contributed by atoms with E-state index < -0.39 is 5.41 Å². The smallest absolute Gasteiger partial charge is 0.266 e. The van der Waals surface area contributed by atoms with Crippen LogP contribution in [-0.4, -0.2) is 17.3 Å². The number of nitrogens with zero attached hydrogens (tertiary/aromatic N) is 3. The van der Waals surface area contributed by atoms with E-state index in [1.807, 2.05) is 79.7 Å². The van der Waals surface area contributed by atoms with Gasteiger partial charge in [-0.3, -0.25) is 4.79 Å². The molecule has 5 nitrogen and oxygen atoms in total. The van der Waals surface area contributed by atoms with E-state index in [1.165, 1.54) is 10.6 Å². The molecule has 35 heavy (non-hydrogen) atoms. The standard InChI is InChI=1S/C30H24N4O/c1-19-30(29(35)34(33-19)22-13-6-3-7-14-22)27(21-11-4-2-5-12-21)24-17-16-20-10-8-9-15-23(20)26(24)25(18-31)28(30)32/h2-15,24,27,32H,16-17H2,1H3/t24-,27+,30+/m0/s1. The molecule has 0 unspecified atom stereocenters. The first-order valence-corrected chi connectivity index (χ1v) is 11.9. The summed E-state index contributed by atoms with van der Waals surface area (Å²) >= 11 is 0. The first-order valence-electron chi connectivity index (χ1n) is 11.9. The summed E-state index contributed by atoms with van der Waals surface area (Å²) in [6, 6.07) is 29.8. The average molecular weight is 457 g/mol. The van der Waals surface area contributed by atoms with Crippen molar-refractivity contribution in [2.75, 3.05) is 5.01 Å². The fraction of sp³-hybridized carbons (Fsp3) is 0.200. The molecule has 5 heteroatoms. The van der Waals surface area contributed by atoms with Crippen LogP contribution in [0.4, 0.5) is 5.69 Å². The zero-order chi connectivity index (χ0) is 24.2. The number of rotatable bonds is 2. The molecule has 3 aromatic rings. The molecule has 0 saturated heterocycles. The van der Waals surface area contributed by atoms with Gasteiger partial charge in [0, 0.05) is 5.92 Å². The van der Waals surface area contributed by atoms with E-state index in [-0.39, 0.29) is 23.5 Å². The summed E-state index contributed by atoms with van der Waals surface area (Å²) in [4.78, 5) is 14.4. The van der Waals surface area contributed by atoms with Crippen LogP contribution in [0.5, 0.6) is 0 Å². The Morgan fingerprint density at radius 3 is 2.37 bits per heavy atom. The molecule has 170 valence electrons. The van der Waals surface area contributed by atoms with Gasteiger partial charge in [-0.05, 0) is 60.1 Å². The molecule has 0 aromatic heterocycles. The lowest BCUT2D eigenvalue weighted by molar-refractivity contribution is -0.122. The third-order valence-electron chi connectivity index (χ3n) is 7.81. The van der Waals surface area contributed by atoms with Crippen molar-refractivity contribution < 1.29 is 4.79 Å². The first kappa shape index (κ1) is 21.2. The van der Waals surface area contributed by atoms with Crippen molar-refractivity contribution in [3.63, 3.8) is 0 Å². The van der Waals surface area contributed by atoms with E-state index in [4.69, 9.17) is 5.10 Å². The summed E-state index contributed by atoms with van der Waals surface area (Å²) in [5, 5.41) is 26.0. The normalized spacial score (nSPS) is 25.3. The number of fused-ring (bicyclic) bond motifs is 3. The number of hydrazone groups is 1. The molecule has 1 amide bonds. The number of allylic oxidation sites excluding steroid dienone is 2. The lowest BCUT2D eigenvalue weighted by Crippen LogP contribution is -2.55. The summed E-state index contributed by atoms with van der Waals surface area (Å²) < 4.78 is 0. The molecule has 0 bridgehead atoms. The Balaban J connectivity index is 1.64. The van der Waals surface area contributed by atoms with Crippen LogP contribution in [0.15, 0.2) is 95.6 Å². The number of para-hydroxylation sites is 1. The summed E-state index contributed by atoms with van der Waals surface area (Å²) in [5.74, 6) is -0.673. The van der Waals surface area contributed by atoms with Gasteiger partial charge in [0.05, 0.1) is 22.7 Å². The lowest BCUT2D eigenvalue weighted by Gasteiger charge is -2.48. The molecular weight excluding hydrogens is 432 g/mol. The molecule has 6 rings (SSSR count). The van der Waals surface area contributed by atoms with Crippen LogP contribution in [0.25, 0.3) is 5.57 Å². The second kappa shape index (κ2) is 7.89. The Kier molecular flexibility index (Phi) is 4.79. The first-order chi connectivity index (χ1) is 17.1. The fourth-order valence-electron chi connectivity index (χ4n) is 6.34. The van der Waals surface area contributed by atoms with Crippen molar-refractivity contribution in [3.8, 4) is 6.07 Å². The highest BCUT2D eigenvalue weighted by Gasteiger charge is 2.64. The predicted octanol–water partition coefficient (Wildman–Crippen LogP) is 5.75. The maximum absolute atomic E-state index is 14.4. The number of anilines is 1. The van der Waals surface area contributed by atoms with Crippen molar-refractivity contribution in [1.29, 1.82) is 10.7 Å². The van der Waals surface area contributed by atoms with Gasteiger partial charge in [0.25, 0.3) is 5.91 Å². The number of amides is 1. The second-order valence-corrected chi connectivity index (χ2v) is 9.41. The van der Waals surface area contributed by atoms with Crippen LogP contribution in [0.1, 0.15) is 36.0 Å². The Labute approximate surface area is 204 Å².